The second-order valence-corrected chi connectivity index (χ2v) is 19.2. The van der Waals surface area contributed by atoms with Gasteiger partial charge in [-0.15, -0.1) is 0 Å². The molecule has 0 saturated heterocycles. The van der Waals surface area contributed by atoms with Crippen LogP contribution >= 0.6 is 0 Å². The van der Waals surface area contributed by atoms with Gasteiger partial charge in [0.15, 0.2) is 0 Å². The number of hydrogen-bond acceptors (Lipinski definition) is 3. The molecule has 0 bridgehead atoms. The van der Waals surface area contributed by atoms with E-state index in [1.54, 1.807) is 0 Å². The minimum atomic E-state index is 0.283. The maximum Gasteiger partial charge on any atom is 0.0645 e. The number of benzene rings is 4. The molecule has 4 nitrogen and oxygen atoms in total. The van der Waals surface area contributed by atoms with Crippen LogP contribution < -0.4 is 5.32 Å². The lowest BCUT2D eigenvalue weighted by atomic mass is 9.62. The van der Waals surface area contributed by atoms with Gasteiger partial charge in [-0.2, -0.15) is 0 Å². The number of hydrogen-bond donors (Lipinski definition) is 1. The number of allylic oxidation sites excluding steroid dienone is 8. The number of anilines is 1. The molecule has 4 aliphatic rings. The van der Waals surface area contributed by atoms with E-state index in [2.05, 4.69) is 166 Å². The van der Waals surface area contributed by atoms with Crippen LogP contribution in [0.1, 0.15) is 123 Å². The van der Waals surface area contributed by atoms with Crippen LogP contribution in [0.3, 0.4) is 0 Å². The molecule has 4 aliphatic carbocycles. The maximum atomic E-state index is 4.67. The molecule has 0 fully saturated rings. The minimum Gasteiger partial charge on any atom is -0.357 e. The Hall–Kier alpha value is -6.26. The summed E-state index contributed by atoms with van der Waals surface area (Å²) < 4.78 is 2.52. The van der Waals surface area contributed by atoms with Crippen molar-refractivity contribution in [2.24, 2.45) is 5.92 Å². The van der Waals surface area contributed by atoms with Gasteiger partial charge < -0.3 is 9.88 Å². The zero-order valence-electron chi connectivity index (χ0n) is 37.4. The predicted molar refractivity (Wildman–Crippen MR) is 260 cm³/mol. The summed E-state index contributed by atoms with van der Waals surface area (Å²) in [7, 11) is 0. The van der Waals surface area contributed by atoms with Crippen LogP contribution in [0.4, 0.5) is 5.69 Å². The molecule has 7 aromatic rings. The Bertz CT molecular complexity index is 3080. The zero-order chi connectivity index (χ0) is 42.6. The monoisotopic (exact) mass is 808 g/mol. The average Bonchev–Trinajstić information content (AvgIpc) is 3.60. The highest BCUT2D eigenvalue weighted by Crippen LogP contribution is 2.60. The van der Waals surface area contributed by atoms with Crippen molar-refractivity contribution in [1.29, 1.82) is 0 Å². The van der Waals surface area contributed by atoms with Crippen molar-refractivity contribution in [3.63, 3.8) is 0 Å². The lowest BCUT2D eigenvalue weighted by Gasteiger charge is -2.42. The standard InChI is InChI=1S/C58H56N4/c1-32-19-33(2)22-42(21-32)40-13-15-53(61-45-11-9-17-59-30-45)50(25-40)44-27-47-36(5)37(6)49-29-52-51-26-41(43-23-34(3)20-35(4)24-43)14-16-54(51)62(46-12-10-18-60-31-46)58(52)55-39(8)38(7)48(28-44)56(47)57(49)55/h9-12,14,16-21,23-31,33,36-39,61H,13,15,22H2,1-8H3. The van der Waals surface area contributed by atoms with Gasteiger partial charge in [-0.1, -0.05) is 99.9 Å². The van der Waals surface area contributed by atoms with E-state index in [9.17, 15) is 0 Å². The molecular weight excluding hydrogens is 753 g/mol. The van der Waals surface area contributed by atoms with E-state index in [0.717, 1.165) is 30.6 Å². The van der Waals surface area contributed by atoms with E-state index in [0.29, 0.717) is 23.7 Å². The smallest absolute Gasteiger partial charge is 0.0645 e. The van der Waals surface area contributed by atoms with Crippen molar-refractivity contribution in [3.8, 4) is 27.9 Å². The topological polar surface area (TPSA) is 42.7 Å². The van der Waals surface area contributed by atoms with E-state index >= 15 is 0 Å². The third-order valence-electron chi connectivity index (χ3n) is 14.9. The number of aryl methyl sites for hydroxylation is 2. The molecule has 0 radical (unpaired) electrons. The molecule has 0 spiro atoms. The van der Waals surface area contributed by atoms with Gasteiger partial charge in [0.25, 0.3) is 0 Å². The van der Waals surface area contributed by atoms with E-state index in [-0.39, 0.29) is 5.92 Å². The summed E-state index contributed by atoms with van der Waals surface area (Å²) in [5, 5.41) is 6.51. The Morgan fingerprint density at radius 1 is 0.613 bits per heavy atom. The highest BCUT2D eigenvalue weighted by Gasteiger charge is 2.41. The third kappa shape index (κ3) is 6.16. The van der Waals surface area contributed by atoms with Crippen molar-refractivity contribution < 1.29 is 0 Å². The maximum absolute atomic E-state index is 4.67. The van der Waals surface area contributed by atoms with Crippen LogP contribution in [0.2, 0.25) is 0 Å². The van der Waals surface area contributed by atoms with Gasteiger partial charge in [0.1, 0.15) is 0 Å². The van der Waals surface area contributed by atoms with Crippen molar-refractivity contribution >= 4 is 33.1 Å². The fourth-order valence-electron chi connectivity index (χ4n) is 11.7. The molecule has 3 heterocycles. The zero-order valence-corrected chi connectivity index (χ0v) is 37.4. The first kappa shape index (κ1) is 38.6. The van der Waals surface area contributed by atoms with Crippen LogP contribution in [-0.4, -0.2) is 14.5 Å². The van der Waals surface area contributed by atoms with Gasteiger partial charge in [0, 0.05) is 34.4 Å². The van der Waals surface area contributed by atoms with Gasteiger partial charge in [-0.3, -0.25) is 9.97 Å². The predicted octanol–water partition coefficient (Wildman–Crippen LogP) is 15.4. The average molecular weight is 809 g/mol. The van der Waals surface area contributed by atoms with Gasteiger partial charge in [0.05, 0.1) is 34.8 Å². The minimum absolute atomic E-state index is 0.283. The summed E-state index contributed by atoms with van der Waals surface area (Å²) in [6, 6.07) is 30.2. The second kappa shape index (κ2) is 14.7. The normalized spacial score (nSPS) is 21.7. The van der Waals surface area contributed by atoms with E-state index in [4.69, 9.17) is 0 Å². The first-order chi connectivity index (χ1) is 30.0. The Balaban J connectivity index is 1.16. The van der Waals surface area contributed by atoms with Crippen LogP contribution in [0.25, 0.3) is 55.3 Å². The highest BCUT2D eigenvalue weighted by molar-refractivity contribution is 6.14. The molecule has 0 aliphatic heterocycles. The highest BCUT2D eigenvalue weighted by atomic mass is 15.0. The summed E-state index contributed by atoms with van der Waals surface area (Å²) in [6.07, 6.45) is 18.2. The number of aromatic nitrogens is 3. The SMILES string of the molecule is CC1=CC(C)CC(C2=CC(c3cc4c5c(c3)C(C)C(C)c3c-5c(cc5c6cc(-c7cc(C)cc(C)c7)ccc6n(-c6cccnc6)c35)C(C)C4C)=C(Nc3cccnc3)CC2)=C1. The van der Waals surface area contributed by atoms with Crippen molar-refractivity contribution in [1.82, 2.24) is 14.5 Å². The largest absolute Gasteiger partial charge is 0.357 e. The first-order valence-corrected chi connectivity index (χ1v) is 22.8. The molecule has 0 amide bonds. The third-order valence-corrected chi connectivity index (χ3v) is 14.9. The van der Waals surface area contributed by atoms with Crippen LogP contribution in [0.5, 0.6) is 0 Å². The molecule has 308 valence electrons. The molecule has 4 heteroatoms. The fraction of sp³-hybridized carbons (Fsp3) is 0.276. The van der Waals surface area contributed by atoms with E-state index in [1.165, 1.54) is 111 Å². The molecule has 1 N–H and O–H groups in total. The Kier molecular flexibility index (Phi) is 9.16. The first-order valence-electron chi connectivity index (χ1n) is 22.8. The van der Waals surface area contributed by atoms with Gasteiger partial charge in [0.2, 0.25) is 0 Å². The van der Waals surface area contributed by atoms with E-state index in [1.807, 2.05) is 30.9 Å². The number of rotatable bonds is 6. The Labute approximate surface area is 366 Å². The molecule has 62 heavy (non-hydrogen) atoms. The van der Waals surface area contributed by atoms with Gasteiger partial charge >= 0.3 is 0 Å². The molecule has 5 atom stereocenters. The molecule has 0 saturated carbocycles. The quantitative estimate of drug-likeness (QED) is 0.182. The fourth-order valence-corrected chi connectivity index (χ4v) is 11.7. The molecule has 3 aromatic heterocycles. The summed E-state index contributed by atoms with van der Waals surface area (Å²) >= 11 is 0. The van der Waals surface area contributed by atoms with Crippen LogP contribution in [-0.2, 0) is 0 Å². The number of pyridine rings is 2. The van der Waals surface area contributed by atoms with Crippen LogP contribution in [0, 0.1) is 19.8 Å². The molecule has 4 aromatic carbocycles. The number of nitrogens with zero attached hydrogens (tertiary/aromatic N) is 3. The molecular formula is C58H56N4. The summed E-state index contributed by atoms with van der Waals surface area (Å²) in [4.78, 5) is 9.14. The van der Waals surface area contributed by atoms with Crippen molar-refractivity contribution in [3.05, 3.63) is 183 Å². The lowest BCUT2D eigenvalue weighted by Crippen LogP contribution is -2.24. The van der Waals surface area contributed by atoms with Gasteiger partial charge in [-0.25, -0.2) is 0 Å². The number of nitrogens with one attached hydrogen (secondary N) is 1. The Morgan fingerprint density at radius 2 is 1.32 bits per heavy atom. The molecule has 11 rings (SSSR count). The summed E-state index contributed by atoms with van der Waals surface area (Å²) in [5.41, 5.74) is 27.0. The summed E-state index contributed by atoms with van der Waals surface area (Å²) in [5.74, 6) is 1.82. The van der Waals surface area contributed by atoms with Crippen molar-refractivity contribution in [2.45, 2.75) is 98.3 Å². The van der Waals surface area contributed by atoms with Crippen molar-refractivity contribution in [2.75, 3.05) is 5.32 Å². The Morgan fingerprint density at radius 3 is 2.02 bits per heavy atom. The summed E-state index contributed by atoms with van der Waals surface area (Å²) in [6.45, 7) is 18.9. The second-order valence-electron chi connectivity index (χ2n) is 19.2. The van der Waals surface area contributed by atoms with Gasteiger partial charge in [-0.05, 0) is 179 Å². The number of fused-ring (bicyclic) bond motifs is 4. The van der Waals surface area contributed by atoms with E-state index < -0.39 is 0 Å². The molecule has 5 unspecified atom stereocenters. The van der Waals surface area contributed by atoms with Crippen LogP contribution in [0.15, 0.2) is 144 Å². The lowest BCUT2D eigenvalue weighted by molar-refractivity contribution is 0.582.